The SMILES string of the molecule is COC(=O)C(C#N)Cc1ccc(F)cc1. The molecule has 1 aromatic rings. The molecule has 0 aromatic heterocycles. The van der Waals surface area contributed by atoms with Gasteiger partial charge < -0.3 is 4.74 Å². The summed E-state index contributed by atoms with van der Waals surface area (Å²) < 4.78 is 17.0. The van der Waals surface area contributed by atoms with Crippen molar-refractivity contribution in [2.24, 2.45) is 5.92 Å². The zero-order valence-electron chi connectivity index (χ0n) is 8.24. The molecule has 0 aliphatic rings. The van der Waals surface area contributed by atoms with Gasteiger partial charge in [-0.1, -0.05) is 12.1 Å². The number of ether oxygens (including phenoxy) is 1. The number of rotatable bonds is 3. The first-order chi connectivity index (χ1) is 7.17. The maximum absolute atomic E-state index is 12.6. The number of nitrogens with zero attached hydrogens (tertiary/aromatic N) is 1. The molecule has 0 heterocycles. The van der Waals surface area contributed by atoms with Crippen molar-refractivity contribution in [3.05, 3.63) is 35.6 Å². The van der Waals surface area contributed by atoms with Gasteiger partial charge in [0, 0.05) is 0 Å². The van der Waals surface area contributed by atoms with E-state index in [4.69, 9.17) is 5.26 Å². The van der Waals surface area contributed by atoms with Crippen molar-refractivity contribution in [1.82, 2.24) is 0 Å². The van der Waals surface area contributed by atoms with Gasteiger partial charge in [0.2, 0.25) is 0 Å². The fourth-order valence-electron chi connectivity index (χ4n) is 1.18. The zero-order chi connectivity index (χ0) is 11.3. The first-order valence-electron chi connectivity index (χ1n) is 4.39. The molecule has 78 valence electrons. The molecule has 1 unspecified atom stereocenters. The monoisotopic (exact) mass is 207 g/mol. The maximum Gasteiger partial charge on any atom is 0.323 e. The molecule has 0 N–H and O–H groups in total. The first kappa shape index (κ1) is 11.2. The van der Waals surface area contributed by atoms with Crippen LogP contribution in [0.5, 0.6) is 0 Å². The lowest BCUT2D eigenvalue weighted by molar-refractivity contribution is -0.143. The summed E-state index contributed by atoms with van der Waals surface area (Å²) in [5, 5.41) is 8.72. The quantitative estimate of drug-likeness (QED) is 0.708. The van der Waals surface area contributed by atoms with Crippen molar-refractivity contribution in [2.45, 2.75) is 6.42 Å². The van der Waals surface area contributed by atoms with Crippen LogP contribution in [-0.2, 0) is 16.0 Å². The molecule has 4 heteroatoms. The normalized spacial score (nSPS) is 11.5. The van der Waals surface area contributed by atoms with Crippen molar-refractivity contribution in [1.29, 1.82) is 5.26 Å². The number of esters is 1. The Morgan fingerprint density at radius 3 is 2.60 bits per heavy atom. The maximum atomic E-state index is 12.6. The van der Waals surface area contributed by atoms with Crippen LogP contribution in [0.25, 0.3) is 0 Å². The van der Waals surface area contributed by atoms with E-state index >= 15 is 0 Å². The molecule has 0 bridgehead atoms. The largest absolute Gasteiger partial charge is 0.468 e. The predicted octanol–water partition coefficient (Wildman–Crippen LogP) is 1.68. The molecular weight excluding hydrogens is 197 g/mol. The Morgan fingerprint density at radius 1 is 1.53 bits per heavy atom. The van der Waals surface area contributed by atoms with E-state index in [1.807, 2.05) is 6.07 Å². The van der Waals surface area contributed by atoms with Gasteiger partial charge in [-0.15, -0.1) is 0 Å². The van der Waals surface area contributed by atoms with Gasteiger partial charge in [0.15, 0.2) is 0 Å². The smallest absolute Gasteiger partial charge is 0.323 e. The molecule has 0 spiro atoms. The van der Waals surface area contributed by atoms with Crippen molar-refractivity contribution < 1.29 is 13.9 Å². The molecule has 1 aromatic carbocycles. The summed E-state index contributed by atoms with van der Waals surface area (Å²) in [5.41, 5.74) is 0.730. The van der Waals surface area contributed by atoms with Gasteiger partial charge in [0.05, 0.1) is 13.2 Å². The van der Waals surface area contributed by atoms with E-state index in [1.165, 1.54) is 19.2 Å². The van der Waals surface area contributed by atoms with E-state index in [1.54, 1.807) is 12.1 Å². The fourth-order valence-corrected chi connectivity index (χ4v) is 1.18. The third-order valence-corrected chi connectivity index (χ3v) is 1.99. The summed E-state index contributed by atoms with van der Waals surface area (Å²) >= 11 is 0. The molecule has 0 saturated carbocycles. The van der Waals surface area contributed by atoms with Crippen LogP contribution < -0.4 is 0 Å². The van der Waals surface area contributed by atoms with E-state index in [0.717, 1.165) is 5.56 Å². The number of hydrogen-bond donors (Lipinski definition) is 0. The first-order valence-corrected chi connectivity index (χ1v) is 4.39. The van der Waals surface area contributed by atoms with E-state index < -0.39 is 11.9 Å². The number of nitriles is 1. The van der Waals surface area contributed by atoms with Crippen LogP contribution in [0, 0.1) is 23.1 Å². The van der Waals surface area contributed by atoms with Crippen molar-refractivity contribution in [3.8, 4) is 6.07 Å². The van der Waals surface area contributed by atoms with Crippen LogP contribution in [0.2, 0.25) is 0 Å². The average molecular weight is 207 g/mol. The van der Waals surface area contributed by atoms with Crippen molar-refractivity contribution >= 4 is 5.97 Å². The molecule has 15 heavy (non-hydrogen) atoms. The van der Waals surface area contributed by atoms with Gasteiger partial charge in [-0.2, -0.15) is 5.26 Å². The second-order valence-electron chi connectivity index (χ2n) is 3.04. The number of halogens is 1. The molecule has 0 radical (unpaired) electrons. The molecule has 0 fully saturated rings. The molecule has 0 amide bonds. The van der Waals surface area contributed by atoms with E-state index in [9.17, 15) is 9.18 Å². The predicted molar refractivity (Wildman–Crippen MR) is 51.2 cm³/mol. The molecular formula is C11H10FNO2. The number of carbonyl (C=O) groups is 1. The van der Waals surface area contributed by atoms with Crippen LogP contribution in [0.3, 0.4) is 0 Å². The topological polar surface area (TPSA) is 50.1 Å². The van der Waals surface area contributed by atoms with Gasteiger partial charge in [0.25, 0.3) is 0 Å². The minimum atomic E-state index is -0.833. The van der Waals surface area contributed by atoms with Crippen LogP contribution in [0.1, 0.15) is 5.56 Å². The second-order valence-corrected chi connectivity index (χ2v) is 3.04. The number of hydrogen-bond acceptors (Lipinski definition) is 3. The average Bonchev–Trinajstić information content (AvgIpc) is 2.27. The second kappa shape index (κ2) is 5.11. The molecule has 0 aliphatic heterocycles. The molecule has 3 nitrogen and oxygen atoms in total. The van der Waals surface area contributed by atoms with Gasteiger partial charge in [-0.3, -0.25) is 4.79 Å². The summed E-state index contributed by atoms with van der Waals surface area (Å²) in [4.78, 5) is 11.1. The molecule has 0 aliphatic carbocycles. The summed E-state index contributed by atoms with van der Waals surface area (Å²) in [5.74, 6) is -1.74. The molecule has 1 rings (SSSR count). The highest BCUT2D eigenvalue weighted by atomic mass is 19.1. The van der Waals surface area contributed by atoms with Crippen LogP contribution >= 0.6 is 0 Å². The Kier molecular flexibility index (Phi) is 3.81. The van der Waals surface area contributed by atoms with Crippen LogP contribution in [0.15, 0.2) is 24.3 Å². The summed E-state index contributed by atoms with van der Waals surface area (Å²) in [6.07, 6.45) is 0.240. The minimum Gasteiger partial charge on any atom is -0.468 e. The Balaban J connectivity index is 2.72. The third-order valence-electron chi connectivity index (χ3n) is 1.99. The fraction of sp³-hybridized carbons (Fsp3) is 0.273. The van der Waals surface area contributed by atoms with Gasteiger partial charge in [0.1, 0.15) is 11.7 Å². The molecule has 1 atom stereocenters. The van der Waals surface area contributed by atoms with Gasteiger partial charge >= 0.3 is 5.97 Å². The summed E-state index contributed by atoms with van der Waals surface area (Å²) in [6.45, 7) is 0. The lowest BCUT2D eigenvalue weighted by Gasteiger charge is -2.06. The number of carbonyl (C=O) groups excluding carboxylic acids is 1. The lowest BCUT2D eigenvalue weighted by Crippen LogP contribution is -2.16. The highest BCUT2D eigenvalue weighted by Gasteiger charge is 2.18. The summed E-state index contributed by atoms with van der Waals surface area (Å²) in [6, 6.07) is 7.52. The zero-order valence-corrected chi connectivity index (χ0v) is 8.24. The van der Waals surface area contributed by atoms with E-state index in [2.05, 4.69) is 4.74 Å². The standard InChI is InChI=1S/C11H10FNO2/c1-15-11(14)9(7-13)6-8-2-4-10(12)5-3-8/h2-5,9H,6H2,1H3. The van der Waals surface area contributed by atoms with Crippen molar-refractivity contribution in [2.75, 3.05) is 7.11 Å². The number of methoxy groups -OCH3 is 1. The lowest BCUT2D eigenvalue weighted by atomic mass is 10.0. The number of benzene rings is 1. The highest BCUT2D eigenvalue weighted by Crippen LogP contribution is 2.10. The van der Waals surface area contributed by atoms with E-state index in [-0.39, 0.29) is 12.2 Å². The Morgan fingerprint density at radius 2 is 2.13 bits per heavy atom. The Bertz CT molecular complexity index is 381. The molecule has 0 saturated heterocycles. The van der Waals surface area contributed by atoms with E-state index in [0.29, 0.717) is 0 Å². The van der Waals surface area contributed by atoms with Crippen LogP contribution in [0.4, 0.5) is 4.39 Å². The summed E-state index contributed by atoms with van der Waals surface area (Å²) in [7, 11) is 1.23. The minimum absolute atomic E-state index is 0.240. The highest BCUT2D eigenvalue weighted by molar-refractivity contribution is 5.75. The van der Waals surface area contributed by atoms with Gasteiger partial charge in [-0.25, -0.2) is 4.39 Å². The Hall–Kier alpha value is -1.89. The third kappa shape index (κ3) is 3.06. The van der Waals surface area contributed by atoms with Crippen LogP contribution in [-0.4, -0.2) is 13.1 Å². The Labute approximate surface area is 87.1 Å². The van der Waals surface area contributed by atoms with Gasteiger partial charge in [-0.05, 0) is 24.1 Å². The van der Waals surface area contributed by atoms with Crippen molar-refractivity contribution in [3.63, 3.8) is 0 Å².